The molecule has 0 aliphatic heterocycles. The van der Waals surface area contributed by atoms with Crippen molar-refractivity contribution in [3.63, 3.8) is 0 Å². The summed E-state index contributed by atoms with van der Waals surface area (Å²) in [4.78, 5) is 4.87. The predicted octanol–water partition coefficient (Wildman–Crippen LogP) is 5.49. The van der Waals surface area contributed by atoms with Gasteiger partial charge in [0.2, 0.25) is 0 Å². The van der Waals surface area contributed by atoms with Crippen molar-refractivity contribution in [1.29, 1.82) is 0 Å². The molecule has 0 amide bonds. The molecule has 1 heterocycles. The van der Waals surface area contributed by atoms with E-state index >= 15 is 0 Å². The molecule has 0 atom stereocenters. The summed E-state index contributed by atoms with van der Waals surface area (Å²) in [5.41, 5.74) is 7.10. The van der Waals surface area contributed by atoms with E-state index in [1.807, 2.05) is 30.3 Å². The van der Waals surface area contributed by atoms with Gasteiger partial charge in [-0.05, 0) is 13.8 Å². The van der Waals surface area contributed by atoms with Gasteiger partial charge in [0.25, 0.3) is 0 Å². The number of aromatic nitrogens is 3. The minimum atomic E-state index is 0.636. The van der Waals surface area contributed by atoms with Crippen LogP contribution in [0.25, 0.3) is 33.9 Å². The average molecular weight is 337 g/mol. The van der Waals surface area contributed by atoms with Gasteiger partial charge in [0.05, 0.1) is 0 Å². The standard InChI is InChI=1S/C23H19N3/c1-16-8-12-18(13-9-16)21-22(19-14-10-17(2)11-15-19)25-26-23(24-21)20-6-4-3-5-7-20/h3-15H,1-2H3. The molecule has 0 saturated heterocycles. The van der Waals surface area contributed by atoms with Crippen molar-refractivity contribution >= 4 is 0 Å². The van der Waals surface area contributed by atoms with Crippen LogP contribution in [-0.4, -0.2) is 15.2 Å². The van der Waals surface area contributed by atoms with Crippen LogP contribution >= 0.6 is 0 Å². The van der Waals surface area contributed by atoms with Gasteiger partial charge in [0, 0.05) is 16.7 Å². The normalized spacial score (nSPS) is 10.7. The average Bonchev–Trinajstić information content (AvgIpc) is 2.70. The van der Waals surface area contributed by atoms with Crippen molar-refractivity contribution in [2.75, 3.05) is 0 Å². The van der Waals surface area contributed by atoms with Gasteiger partial charge in [0.1, 0.15) is 11.4 Å². The number of nitrogens with zero attached hydrogens (tertiary/aromatic N) is 3. The lowest BCUT2D eigenvalue weighted by atomic mass is 10.0. The summed E-state index contributed by atoms with van der Waals surface area (Å²) >= 11 is 0. The molecule has 0 aliphatic rings. The number of aryl methyl sites for hydroxylation is 2. The first kappa shape index (κ1) is 16.2. The molecule has 126 valence electrons. The molecule has 1 aromatic heterocycles. The third-order valence-corrected chi connectivity index (χ3v) is 4.37. The molecular weight excluding hydrogens is 318 g/mol. The SMILES string of the molecule is Cc1ccc(-c2nnc(-c3ccccc3)nc2-c2ccc(C)cc2)cc1. The number of hydrogen-bond donors (Lipinski definition) is 0. The second kappa shape index (κ2) is 6.89. The topological polar surface area (TPSA) is 38.7 Å². The van der Waals surface area contributed by atoms with Crippen LogP contribution in [0.5, 0.6) is 0 Å². The lowest BCUT2D eigenvalue weighted by molar-refractivity contribution is 0.991. The first-order valence-electron chi connectivity index (χ1n) is 8.65. The van der Waals surface area contributed by atoms with Gasteiger partial charge < -0.3 is 0 Å². The Hall–Kier alpha value is -3.33. The molecule has 0 aliphatic carbocycles. The maximum Gasteiger partial charge on any atom is 0.182 e. The maximum absolute atomic E-state index is 4.87. The lowest BCUT2D eigenvalue weighted by Crippen LogP contribution is -2.00. The monoisotopic (exact) mass is 337 g/mol. The molecule has 0 spiro atoms. The quantitative estimate of drug-likeness (QED) is 0.496. The molecule has 0 saturated carbocycles. The lowest BCUT2D eigenvalue weighted by Gasteiger charge is -2.10. The molecule has 0 N–H and O–H groups in total. The van der Waals surface area contributed by atoms with Crippen molar-refractivity contribution < 1.29 is 0 Å². The van der Waals surface area contributed by atoms with Crippen LogP contribution in [0.1, 0.15) is 11.1 Å². The Balaban J connectivity index is 1.90. The van der Waals surface area contributed by atoms with Gasteiger partial charge in [-0.1, -0.05) is 90.0 Å². The molecule has 3 aromatic carbocycles. The highest BCUT2D eigenvalue weighted by atomic mass is 15.2. The van der Waals surface area contributed by atoms with Crippen LogP contribution in [0.15, 0.2) is 78.9 Å². The van der Waals surface area contributed by atoms with E-state index in [-0.39, 0.29) is 0 Å². The summed E-state index contributed by atoms with van der Waals surface area (Å²) in [6, 6.07) is 26.6. The molecule has 4 rings (SSSR count). The molecule has 3 nitrogen and oxygen atoms in total. The fourth-order valence-corrected chi connectivity index (χ4v) is 2.85. The summed E-state index contributed by atoms with van der Waals surface area (Å²) in [7, 11) is 0. The first-order chi connectivity index (χ1) is 12.7. The second-order valence-electron chi connectivity index (χ2n) is 6.43. The minimum absolute atomic E-state index is 0.636. The van der Waals surface area contributed by atoms with Crippen molar-refractivity contribution in [1.82, 2.24) is 15.2 Å². The zero-order chi connectivity index (χ0) is 17.9. The number of benzene rings is 3. The Morgan fingerprint density at radius 1 is 0.500 bits per heavy atom. The van der Waals surface area contributed by atoms with Gasteiger partial charge in [-0.25, -0.2) is 4.98 Å². The Kier molecular flexibility index (Phi) is 4.28. The summed E-state index contributed by atoms with van der Waals surface area (Å²) in [6.07, 6.45) is 0. The fourth-order valence-electron chi connectivity index (χ4n) is 2.85. The van der Waals surface area contributed by atoms with Crippen molar-refractivity contribution in [2.45, 2.75) is 13.8 Å². The Morgan fingerprint density at radius 3 is 1.62 bits per heavy atom. The highest BCUT2D eigenvalue weighted by Crippen LogP contribution is 2.30. The van der Waals surface area contributed by atoms with E-state index in [1.165, 1.54) is 11.1 Å². The summed E-state index contributed by atoms with van der Waals surface area (Å²) in [5.74, 6) is 0.636. The van der Waals surface area contributed by atoms with E-state index < -0.39 is 0 Å². The first-order valence-corrected chi connectivity index (χ1v) is 8.65. The zero-order valence-corrected chi connectivity index (χ0v) is 14.8. The van der Waals surface area contributed by atoms with Crippen LogP contribution in [0.2, 0.25) is 0 Å². The van der Waals surface area contributed by atoms with E-state index in [0.717, 1.165) is 28.1 Å². The predicted molar refractivity (Wildman–Crippen MR) is 106 cm³/mol. The molecule has 0 unspecified atom stereocenters. The Morgan fingerprint density at radius 2 is 1.04 bits per heavy atom. The highest BCUT2D eigenvalue weighted by Gasteiger charge is 2.14. The van der Waals surface area contributed by atoms with E-state index in [1.54, 1.807) is 0 Å². The second-order valence-corrected chi connectivity index (χ2v) is 6.43. The third kappa shape index (κ3) is 3.24. The molecule has 0 fully saturated rings. The van der Waals surface area contributed by atoms with Crippen LogP contribution in [0.4, 0.5) is 0 Å². The van der Waals surface area contributed by atoms with Crippen molar-refractivity contribution in [2.24, 2.45) is 0 Å². The molecule has 26 heavy (non-hydrogen) atoms. The molecule has 0 bridgehead atoms. The smallest absolute Gasteiger partial charge is 0.182 e. The van der Waals surface area contributed by atoms with E-state index in [2.05, 4.69) is 72.6 Å². The van der Waals surface area contributed by atoms with Crippen LogP contribution in [-0.2, 0) is 0 Å². The van der Waals surface area contributed by atoms with Crippen molar-refractivity contribution in [3.8, 4) is 33.9 Å². The van der Waals surface area contributed by atoms with Crippen molar-refractivity contribution in [3.05, 3.63) is 90.0 Å². The largest absolute Gasteiger partial charge is 0.224 e. The Bertz CT molecular complexity index is 1020. The molecule has 0 radical (unpaired) electrons. The summed E-state index contributed by atoms with van der Waals surface area (Å²) in [6.45, 7) is 4.16. The molecule has 4 aromatic rings. The maximum atomic E-state index is 4.87. The Labute approximate surface area is 153 Å². The van der Waals surface area contributed by atoms with Gasteiger partial charge in [-0.2, -0.15) is 0 Å². The fraction of sp³-hybridized carbons (Fsp3) is 0.0870. The van der Waals surface area contributed by atoms with Crippen LogP contribution in [0, 0.1) is 13.8 Å². The van der Waals surface area contributed by atoms with Crippen LogP contribution in [0.3, 0.4) is 0 Å². The molecular formula is C23H19N3. The van der Waals surface area contributed by atoms with E-state index in [9.17, 15) is 0 Å². The highest BCUT2D eigenvalue weighted by molar-refractivity contribution is 5.78. The minimum Gasteiger partial charge on any atom is -0.224 e. The van der Waals surface area contributed by atoms with E-state index in [0.29, 0.717) is 5.82 Å². The zero-order valence-electron chi connectivity index (χ0n) is 14.8. The van der Waals surface area contributed by atoms with Gasteiger partial charge >= 0.3 is 0 Å². The van der Waals surface area contributed by atoms with Gasteiger partial charge in [-0.3, -0.25) is 0 Å². The summed E-state index contributed by atoms with van der Waals surface area (Å²) < 4.78 is 0. The third-order valence-electron chi connectivity index (χ3n) is 4.37. The summed E-state index contributed by atoms with van der Waals surface area (Å²) in [5, 5.41) is 8.93. The van der Waals surface area contributed by atoms with Crippen LogP contribution < -0.4 is 0 Å². The van der Waals surface area contributed by atoms with Gasteiger partial charge in [-0.15, -0.1) is 10.2 Å². The van der Waals surface area contributed by atoms with E-state index in [4.69, 9.17) is 4.98 Å². The number of hydrogen-bond acceptors (Lipinski definition) is 3. The van der Waals surface area contributed by atoms with Gasteiger partial charge in [0.15, 0.2) is 5.82 Å². The molecule has 3 heteroatoms. The number of rotatable bonds is 3.